The van der Waals surface area contributed by atoms with Crippen molar-refractivity contribution >= 4 is 41.8 Å². The van der Waals surface area contributed by atoms with E-state index in [1.807, 2.05) is 6.07 Å². The second-order valence-corrected chi connectivity index (χ2v) is 8.08. The minimum absolute atomic E-state index is 0. The second kappa shape index (κ2) is 7.61. The van der Waals surface area contributed by atoms with E-state index >= 15 is 0 Å². The maximum atomic E-state index is 13.3. The van der Waals surface area contributed by atoms with Gasteiger partial charge in [-0.25, -0.2) is 4.98 Å². The van der Waals surface area contributed by atoms with Gasteiger partial charge in [0.2, 0.25) is 5.91 Å². The van der Waals surface area contributed by atoms with Gasteiger partial charge in [0.1, 0.15) is 5.82 Å². The zero-order valence-electron chi connectivity index (χ0n) is 15.7. The summed E-state index contributed by atoms with van der Waals surface area (Å²) in [6.45, 7) is 3.02. The fourth-order valence-corrected chi connectivity index (χ4v) is 5.14. The molecule has 5 nitrogen and oxygen atoms in total. The molecule has 1 spiro atoms. The topological polar surface area (TPSA) is 50.2 Å². The molecule has 148 valence electrons. The predicted molar refractivity (Wildman–Crippen MR) is 112 cm³/mol. The summed E-state index contributed by atoms with van der Waals surface area (Å²) >= 11 is 0. The minimum atomic E-state index is 0. The summed E-state index contributed by atoms with van der Waals surface area (Å²) < 4.78 is 2.18. The molecular formula is C20H28Cl2N4O. The van der Waals surface area contributed by atoms with Crippen LogP contribution < -0.4 is 5.32 Å². The molecule has 1 aliphatic carbocycles. The molecule has 7 heteroatoms. The zero-order valence-corrected chi connectivity index (χ0v) is 17.3. The highest BCUT2D eigenvalue weighted by molar-refractivity contribution is 5.86. The van der Waals surface area contributed by atoms with Gasteiger partial charge in [0, 0.05) is 19.5 Å². The number of likely N-dealkylation sites (tertiary alicyclic amines) is 1. The van der Waals surface area contributed by atoms with Gasteiger partial charge in [0.15, 0.2) is 0 Å². The number of carbonyl (C=O) groups is 1. The van der Waals surface area contributed by atoms with Crippen molar-refractivity contribution in [1.82, 2.24) is 19.8 Å². The summed E-state index contributed by atoms with van der Waals surface area (Å²) in [5.41, 5.74) is 2.49. The van der Waals surface area contributed by atoms with Crippen LogP contribution in [0.2, 0.25) is 0 Å². The summed E-state index contributed by atoms with van der Waals surface area (Å²) in [5, 5.41) is 3.43. The van der Waals surface area contributed by atoms with Gasteiger partial charge in [-0.1, -0.05) is 12.1 Å². The van der Waals surface area contributed by atoms with Crippen molar-refractivity contribution in [2.75, 3.05) is 19.6 Å². The Hall–Kier alpha value is -1.30. The number of benzene rings is 1. The zero-order chi connectivity index (χ0) is 17.0. The number of halogens is 2. The molecule has 1 amide bonds. The van der Waals surface area contributed by atoms with E-state index in [9.17, 15) is 4.79 Å². The number of imidazole rings is 1. The number of carbonyl (C=O) groups excluding carboxylic acids is 1. The van der Waals surface area contributed by atoms with Crippen molar-refractivity contribution in [1.29, 1.82) is 0 Å². The van der Waals surface area contributed by atoms with Crippen LogP contribution in [0.5, 0.6) is 0 Å². The highest BCUT2D eigenvalue weighted by Gasteiger charge is 2.59. The van der Waals surface area contributed by atoms with Gasteiger partial charge < -0.3 is 14.8 Å². The van der Waals surface area contributed by atoms with Crippen LogP contribution in [0, 0.1) is 11.3 Å². The number of rotatable bonds is 2. The molecule has 1 aromatic carbocycles. The third-order valence-corrected chi connectivity index (χ3v) is 6.74. The number of nitrogens with zero attached hydrogens (tertiary/aromatic N) is 3. The van der Waals surface area contributed by atoms with Crippen LogP contribution in [0.4, 0.5) is 0 Å². The van der Waals surface area contributed by atoms with Crippen molar-refractivity contribution in [3.63, 3.8) is 0 Å². The third-order valence-electron chi connectivity index (χ3n) is 6.74. The summed E-state index contributed by atoms with van der Waals surface area (Å²) in [6.07, 6.45) is 5.53. The van der Waals surface area contributed by atoms with Gasteiger partial charge in [-0.3, -0.25) is 4.79 Å². The molecule has 2 saturated heterocycles. The Morgan fingerprint density at radius 3 is 2.70 bits per heavy atom. The maximum absolute atomic E-state index is 13.3. The lowest BCUT2D eigenvalue weighted by atomic mass is 9.91. The highest BCUT2D eigenvalue weighted by Crippen LogP contribution is 2.59. The number of piperidine rings is 1. The smallest absolute Gasteiger partial charge is 0.226 e. The Morgan fingerprint density at radius 1 is 1.22 bits per heavy atom. The predicted octanol–water partition coefficient (Wildman–Crippen LogP) is 3.47. The SMILES string of the molecule is Cl.Cl.Cn1c(C2CCCN2C(=O)C2CC23CCNCC3)nc2ccccc21. The fourth-order valence-electron chi connectivity index (χ4n) is 5.14. The Kier molecular flexibility index (Phi) is 5.76. The van der Waals surface area contributed by atoms with E-state index in [0.717, 1.165) is 68.6 Å². The number of hydrogen-bond donors (Lipinski definition) is 1. The number of nitrogens with one attached hydrogen (secondary N) is 1. The summed E-state index contributed by atoms with van der Waals surface area (Å²) in [5.74, 6) is 1.69. The van der Waals surface area contributed by atoms with Gasteiger partial charge in [0.25, 0.3) is 0 Å². The number of hydrogen-bond acceptors (Lipinski definition) is 3. The maximum Gasteiger partial charge on any atom is 0.226 e. The van der Waals surface area contributed by atoms with Gasteiger partial charge in [-0.05, 0) is 62.7 Å². The van der Waals surface area contributed by atoms with Gasteiger partial charge in [0.05, 0.1) is 17.1 Å². The quantitative estimate of drug-likeness (QED) is 0.824. The molecule has 1 aromatic heterocycles. The van der Waals surface area contributed by atoms with Crippen LogP contribution in [-0.4, -0.2) is 40.0 Å². The molecule has 0 bridgehead atoms. The number of aryl methyl sites for hydroxylation is 1. The van der Waals surface area contributed by atoms with Gasteiger partial charge in [-0.15, -0.1) is 24.8 Å². The third kappa shape index (κ3) is 3.24. The first-order valence-corrected chi connectivity index (χ1v) is 9.62. The highest BCUT2D eigenvalue weighted by atomic mass is 35.5. The Labute approximate surface area is 172 Å². The van der Waals surface area contributed by atoms with Crippen LogP contribution in [0.15, 0.2) is 24.3 Å². The minimum Gasteiger partial charge on any atom is -0.332 e. The van der Waals surface area contributed by atoms with E-state index in [-0.39, 0.29) is 36.8 Å². The monoisotopic (exact) mass is 410 g/mol. The molecule has 1 saturated carbocycles. The van der Waals surface area contributed by atoms with Gasteiger partial charge >= 0.3 is 0 Å². The number of amides is 1. The summed E-state index contributed by atoms with van der Waals surface area (Å²) in [6, 6.07) is 8.39. The Morgan fingerprint density at radius 2 is 1.96 bits per heavy atom. The van der Waals surface area contributed by atoms with Gasteiger partial charge in [-0.2, -0.15) is 0 Å². The second-order valence-electron chi connectivity index (χ2n) is 8.08. The van der Waals surface area contributed by atoms with Crippen molar-refractivity contribution < 1.29 is 4.79 Å². The molecule has 2 unspecified atom stereocenters. The van der Waals surface area contributed by atoms with Crippen LogP contribution in [-0.2, 0) is 11.8 Å². The molecule has 2 aliphatic heterocycles. The molecular weight excluding hydrogens is 383 g/mol. The lowest BCUT2D eigenvalue weighted by Gasteiger charge is -2.28. The van der Waals surface area contributed by atoms with E-state index in [1.165, 1.54) is 0 Å². The molecule has 1 N–H and O–H groups in total. The first-order chi connectivity index (χ1) is 12.2. The largest absolute Gasteiger partial charge is 0.332 e. The normalized spacial score (nSPS) is 25.9. The lowest BCUT2D eigenvalue weighted by molar-refractivity contribution is -0.134. The average Bonchev–Trinajstić information content (AvgIpc) is 2.99. The van der Waals surface area contributed by atoms with Crippen LogP contribution >= 0.6 is 24.8 Å². The number of aromatic nitrogens is 2. The molecule has 5 rings (SSSR count). The van der Waals surface area contributed by atoms with Crippen molar-refractivity contribution in [2.24, 2.45) is 18.4 Å². The van der Waals surface area contributed by atoms with E-state index in [1.54, 1.807) is 0 Å². The van der Waals surface area contributed by atoms with E-state index in [2.05, 4.69) is 40.0 Å². The standard InChI is InChI=1S/C20H26N4O.2ClH/c1-23-16-6-3-2-5-15(16)22-18(23)17-7-4-12-24(17)19(25)14-13-20(14)8-10-21-11-9-20;;/h2-3,5-6,14,17,21H,4,7-13H2,1H3;2*1H. The van der Waals surface area contributed by atoms with E-state index in [0.29, 0.717) is 11.3 Å². The molecule has 0 radical (unpaired) electrons. The molecule has 2 atom stereocenters. The first-order valence-electron chi connectivity index (χ1n) is 9.62. The summed E-state index contributed by atoms with van der Waals surface area (Å²) in [7, 11) is 2.08. The van der Waals surface area contributed by atoms with Crippen molar-refractivity contribution in [3.8, 4) is 0 Å². The Bertz CT molecular complexity index is 830. The summed E-state index contributed by atoms with van der Waals surface area (Å²) in [4.78, 5) is 20.3. The van der Waals surface area contributed by atoms with Crippen molar-refractivity contribution in [2.45, 2.75) is 38.1 Å². The Balaban J connectivity index is 0.00000105. The van der Waals surface area contributed by atoms with Crippen LogP contribution in [0.3, 0.4) is 0 Å². The molecule has 2 aromatic rings. The molecule has 3 heterocycles. The lowest BCUT2D eigenvalue weighted by Crippen LogP contribution is -2.36. The molecule has 3 aliphatic rings. The fraction of sp³-hybridized carbons (Fsp3) is 0.600. The average molecular weight is 411 g/mol. The first kappa shape index (κ1) is 20.4. The number of fused-ring (bicyclic) bond motifs is 1. The van der Waals surface area contributed by atoms with Crippen LogP contribution in [0.1, 0.15) is 44.0 Å². The molecule has 3 fully saturated rings. The van der Waals surface area contributed by atoms with Crippen molar-refractivity contribution in [3.05, 3.63) is 30.1 Å². The van der Waals surface area contributed by atoms with Crippen LogP contribution in [0.25, 0.3) is 11.0 Å². The van der Waals surface area contributed by atoms with E-state index in [4.69, 9.17) is 4.98 Å². The number of para-hydroxylation sites is 2. The molecule has 27 heavy (non-hydrogen) atoms. The van der Waals surface area contributed by atoms with E-state index < -0.39 is 0 Å².